The van der Waals surface area contributed by atoms with Crippen molar-refractivity contribution in [1.29, 1.82) is 0 Å². The van der Waals surface area contributed by atoms with Gasteiger partial charge in [0.25, 0.3) is 0 Å². The first-order valence-corrected chi connectivity index (χ1v) is 5.88. The summed E-state index contributed by atoms with van der Waals surface area (Å²) in [6, 6.07) is 8.21. The number of nitrogens with one attached hydrogen (secondary N) is 1. The van der Waals surface area contributed by atoms with Crippen LogP contribution in [0.4, 0.5) is 8.78 Å². The molecule has 2 aromatic rings. The maximum absolute atomic E-state index is 13.2. The van der Waals surface area contributed by atoms with Crippen molar-refractivity contribution in [1.82, 2.24) is 4.98 Å². The minimum atomic E-state index is -0.841. The first-order chi connectivity index (χ1) is 9.17. The minimum Gasteiger partial charge on any atom is -0.495 e. The first-order valence-electron chi connectivity index (χ1n) is 5.88. The molecular formula is C15H9F2NO. The van der Waals surface area contributed by atoms with E-state index in [4.69, 9.17) is 4.74 Å². The van der Waals surface area contributed by atoms with Crippen LogP contribution in [0.25, 0.3) is 33.3 Å². The zero-order valence-electron chi connectivity index (χ0n) is 10.1. The van der Waals surface area contributed by atoms with Crippen LogP contribution in [0.5, 0.6) is 5.75 Å². The van der Waals surface area contributed by atoms with Gasteiger partial charge in [-0.25, -0.2) is 8.78 Å². The van der Waals surface area contributed by atoms with Gasteiger partial charge in [0.15, 0.2) is 11.6 Å². The molecule has 1 N–H and O–H groups in total. The third-order valence-electron chi connectivity index (χ3n) is 3.49. The van der Waals surface area contributed by atoms with Crippen LogP contribution < -0.4 is 4.74 Å². The molecule has 19 heavy (non-hydrogen) atoms. The SMILES string of the molecule is COc1c2cc(-c3cc4cc(F)c(F)cc4[nH]3)cc1-2. The maximum atomic E-state index is 13.2. The van der Waals surface area contributed by atoms with Gasteiger partial charge in [0.2, 0.25) is 0 Å². The fourth-order valence-corrected chi connectivity index (χ4v) is 2.50. The molecule has 2 nitrogen and oxygen atoms in total. The summed E-state index contributed by atoms with van der Waals surface area (Å²) < 4.78 is 31.5. The van der Waals surface area contributed by atoms with E-state index in [0.29, 0.717) is 10.9 Å². The Morgan fingerprint density at radius 2 is 1.63 bits per heavy atom. The number of aromatic amines is 1. The van der Waals surface area contributed by atoms with Crippen LogP contribution in [0.2, 0.25) is 0 Å². The van der Waals surface area contributed by atoms with Crippen molar-refractivity contribution in [3.8, 4) is 28.1 Å². The molecule has 0 atom stereocenters. The Labute approximate surface area is 107 Å². The summed E-state index contributed by atoms with van der Waals surface area (Å²) in [4.78, 5) is 3.10. The molecule has 4 heteroatoms. The van der Waals surface area contributed by atoms with Gasteiger partial charge in [-0.1, -0.05) is 0 Å². The zero-order chi connectivity index (χ0) is 13.1. The second-order valence-corrected chi connectivity index (χ2v) is 4.64. The fraction of sp³-hybridized carbons (Fsp3) is 0.0667. The van der Waals surface area contributed by atoms with Gasteiger partial charge in [-0.15, -0.1) is 0 Å². The van der Waals surface area contributed by atoms with Crippen molar-refractivity contribution in [2.45, 2.75) is 0 Å². The Balaban J connectivity index is 1.83. The number of ether oxygens (including phenoxy) is 1. The van der Waals surface area contributed by atoms with Crippen molar-refractivity contribution in [3.63, 3.8) is 0 Å². The Kier molecular flexibility index (Phi) is 1.86. The number of methoxy groups -OCH3 is 1. The van der Waals surface area contributed by atoms with Crippen molar-refractivity contribution in [3.05, 3.63) is 42.0 Å². The molecule has 1 heterocycles. The fourth-order valence-electron chi connectivity index (χ4n) is 2.50. The summed E-state index contributed by atoms with van der Waals surface area (Å²) in [6.45, 7) is 0. The van der Waals surface area contributed by atoms with Gasteiger partial charge in [0, 0.05) is 33.8 Å². The van der Waals surface area contributed by atoms with Crippen molar-refractivity contribution < 1.29 is 13.5 Å². The third-order valence-corrected chi connectivity index (χ3v) is 3.49. The lowest BCUT2D eigenvalue weighted by Crippen LogP contribution is -1.81. The number of halogens is 2. The molecule has 0 saturated heterocycles. The standard InChI is InChI=1S/C15H9F2NO/c1-19-15-9-2-7(3-10(9)15)13-5-8-4-11(16)12(17)6-14(8)18-13/h2-6,18H,1H3. The van der Waals surface area contributed by atoms with Gasteiger partial charge in [-0.2, -0.15) is 0 Å². The van der Waals surface area contributed by atoms with E-state index in [1.54, 1.807) is 7.11 Å². The normalized spacial score (nSPS) is 11.9. The predicted molar refractivity (Wildman–Crippen MR) is 69.2 cm³/mol. The summed E-state index contributed by atoms with van der Waals surface area (Å²) in [6.07, 6.45) is 0. The molecule has 0 spiro atoms. The summed E-state index contributed by atoms with van der Waals surface area (Å²) in [7, 11) is 1.64. The third kappa shape index (κ3) is 1.40. The van der Waals surface area contributed by atoms with E-state index in [0.717, 1.165) is 28.1 Å². The average Bonchev–Trinajstić information content (AvgIpc) is 2.77. The molecule has 0 fully saturated rings. The number of hydrogen-bond acceptors (Lipinski definition) is 1. The summed E-state index contributed by atoms with van der Waals surface area (Å²) in [5, 5.41) is 0.662. The molecule has 94 valence electrons. The highest BCUT2D eigenvalue weighted by atomic mass is 19.2. The van der Waals surface area contributed by atoms with E-state index in [2.05, 4.69) is 4.98 Å². The summed E-state index contributed by atoms with van der Waals surface area (Å²) in [5.41, 5.74) is 4.65. The van der Waals surface area contributed by atoms with E-state index in [1.807, 2.05) is 18.2 Å². The van der Waals surface area contributed by atoms with Crippen LogP contribution in [0.1, 0.15) is 0 Å². The van der Waals surface area contributed by atoms with E-state index in [-0.39, 0.29) is 0 Å². The first kappa shape index (κ1) is 10.6. The largest absolute Gasteiger partial charge is 0.495 e. The Morgan fingerprint density at radius 1 is 0.947 bits per heavy atom. The Hall–Kier alpha value is -2.36. The van der Waals surface area contributed by atoms with Gasteiger partial charge < -0.3 is 9.72 Å². The van der Waals surface area contributed by atoms with Crippen LogP contribution in [0, 0.1) is 11.6 Å². The van der Waals surface area contributed by atoms with Gasteiger partial charge in [0.1, 0.15) is 5.75 Å². The molecule has 0 unspecified atom stereocenters. The monoisotopic (exact) mass is 257 g/mol. The lowest BCUT2D eigenvalue weighted by molar-refractivity contribution is 0.430. The minimum absolute atomic E-state index is 0.592. The van der Waals surface area contributed by atoms with Gasteiger partial charge >= 0.3 is 0 Å². The van der Waals surface area contributed by atoms with E-state index < -0.39 is 11.6 Å². The molecule has 0 radical (unpaired) electrons. The predicted octanol–water partition coefficient (Wildman–Crippen LogP) is 4.10. The number of rotatable bonds is 2. The molecule has 4 rings (SSSR count). The molecule has 2 aliphatic carbocycles. The van der Waals surface area contributed by atoms with Crippen LogP contribution in [0.3, 0.4) is 0 Å². The highest BCUT2D eigenvalue weighted by molar-refractivity contribution is 6.00. The van der Waals surface area contributed by atoms with Gasteiger partial charge in [0.05, 0.1) is 7.11 Å². The smallest absolute Gasteiger partial charge is 0.160 e. The molecule has 0 amide bonds. The van der Waals surface area contributed by atoms with E-state index in [1.165, 1.54) is 12.1 Å². The van der Waals surface area contributed by atoms with E-state index in [9.17, 15) is 8.78 Å². The summed E-state index contributed by atoms with van der Waals surface area (Å²) in [5.74, 6) is -0.743. The topological polar surface area (TPSA) is 25.0 Å². The average molecular weight is 257 g/mol. The van der Waals surface area contributed by atoms with Crippen molar-refractivity contribution in [2.24, 2.45) is 0 Å². The number of H-pyrrole nitrogens is 1. The van der Waals surface area contributed by atoms with Gasteiger partial charge in [-0.05, 0) is 29.8 Å². The number of hydrogen-bond donors (Lipinski definition) is 1. The van der Waals surface area contributed by atoms with Crippen molar-refractivity contribution in [2.75, 3.05) is 7.11 Å². The van der Waals surface area contributed by atoms with E-state index >= 15 is 0 Å². The maximum Gasteiger partial charge on any atom is 0.160 e. The molecule has 1 aromatic heterocycles. The lowest BCUT2D eigenvalue weighted by Gasteiger charge is -1.92. The Bertz CT molecular complexity index is 774. The van der Waals surface area contributed by atoms with Gasteiger partial charge in [-0.3, -0.25) is 0 Å². The summed E-state index contributed by atoms with van der Waals surface area (Å²) >= 11 is 0. The second-order valence-electron chi connectivity index (χ2n) is 4.64. The Morgan fingerprint density at radius 3 is 2.32 bits per heavy atom. The quantitative estimate of drug-likeness (QED) is 0.574. The molecule has 0 saturated carbocycles. The molecular weight excluding hydrogens is 248 g/mol. The number of benzene rings is 2. The highest BCUT2D eigenvalue weighted by Gasteiger charge is 2.27. The highest BCUT2D eigenvalue weighted by Crippen LogP contribution is 2.54. The van der Waals surface area contributed by atoms with Crippen LogP contribution >= 0.6 is 0 Å². The molecule has 0 bridgehead atoms. The lowest BCUT2D eigenvalue weighted by atomic mass is 10.2. The zero-order valence-corrected chi connectivity index (χ0v) is 10.1. The number of fused-ring (bicyclic) bond motifs is 2. The second kappa shape index (κ2) is 3.35. The van der Waals surface area contributed by atoms with Crippen molar-refractivity contribution >= 4 is 10.9 Å². The number of aromatic nitrogens is 1. The van der Waals surface area contributed by atoms with Crippen LogP contribution in [-0.2, 0) is 0 Å². The molecule has 1 aromatic carbocycles. The molecule has 0 aliphatic heterocycles. The van der Waals surface area contributed by atoms with Crippen LogP contribution in [0.15, 0.2) is 30.3 Å². The van der Waals surface area contributed by atoms with Crippen LogP contribution in [-0.4, -0.2) is 12.1 Å². The molecule has 2 aliphatic rings.